The third-order valence-electron chi connectivity index (χ3n) is 7.02. The minimum absolute atomic E-state index is 0.312. The van der Waals surface area contributed by atoms with Crippen molar-refractivity contribution in [3.05, 3.63) is 145 Å². The lowest BCUT2D eigenvalue weighted by atomic mass is 9.93. The molecular weight excluding hydrogens is 472 g/mol. The number of rotatable bonds is 5. The summed E-state index contributed by atoms with van der Waals surface area (Å²) in [6, 6.07) is 42.4. The van der Waals surface area contributed by atoms with Crippen LogP contribution in [-0.4, -0.2) is 7.05 Å². The van der Waals surface area contributed by atoms with E-state index in [9.17, 15) is 4.39 Å². The molecule has 0 aliphatic rings. The quantitative estimate of drug-likeness (QED) is 0.229. The van der Waals surface area contributed by atoms with Crippen LogP contribution in [-0.2, 0) is 0 Å². The van der Waals surface area contributed by atoms with Crippen molar-refractivity contribution in [3.63, 3.8) is 0 Å². The summed E-state index contributed by atoms with van der Waals surface area (Å²) in [6.45, 7) is 0. The largest absolute Gasteiger partial charge is 0.339 e. The van der Waals surface area contributed by atoms with Gasteiger partial charge in [0.15, 0.2) is 0 Å². The van der Waals surface area contributed by atoms with Gasteiger partial charge in [0.2, 0.25) is 0 Å². The van der Waals surface area contributed by atoms with E-state index in [1.165, 1.54) is 22.9 Å². The Kier molecular flexibility index (Phi) is 6.19. The summed E-state index contributed by atoms with van der Waals surface area (Å²) in [7, 11) is 1.70. The average molecular weight is 498 g/mol. The topological polar surface area (TPSA) is 3.24 Å². The molecule has 0 atom stereocenters. The highest BCUT2D eigenvalue weighted by Gasteiger charge is 2.20. The molecule has 0 heterocycles. The number of anilines is 2. The summed E-state index contributed by atoms with van der Waals surface area (Å²) in [5, 5.41) is 2.36. The normalized spacial score (nSPS) is 11.0. The fourth-order valence-corrected chi connectivity index (χ4v) is 5.11. The molecule has 0 radical (unpaired) electrons. The van der Waals surface area contributed by atoms with Gasteiger partial charge in [-0.1, -0.05) is 109 Å². The van der Waals surface area contributed by atoms with Gasteiger partial charge < -0.3 is 4.90 Å². The number of hydrogen-bond acceptors (Lipinski definition) is 1. The molecule has 0 fully saturated rings. The Hall–Kier alpha value is -4.76. The SMILES string of the molecule is CN(c1ccccc1F)c1c(F)cc(-c2ccccc2)cc1-c1ccc(-c2cccc3ccccc23)cc1. The highest BCUT2D eigenvalue weighted by molar-refractivity contribution is 5.97. The summed E-state index contributed by atoms with van der Waals surface area (Å²) in [4.78, 5) is 1.59. The third-order valence-corrected chi connectivity index (χ3v) is 7.02. The summed E-state index contributed by atoms with van der Waals surface area (Å²) in [5.74, 6) is -0.816. The van der Waals surface area contributed by atoms with E-state index in [1.54, 1.807) is 30.1 Å². The zero-order chi connectivity index (χ0) is 26.1. The number of fused-ring (bicyclic) bond motifs is 1. The van der Waals surface area contributed by atoms with Crippen molar-refractivity contribution in [1.29, 1.82) is 0 Å². The predicted octanol–water partition coefficient (Wildman–Crippen LogP) is 9.89. The Morgan fingerprint density at radius 2 is 1.11 bits per heavy atom. The molecule has 6 aromatic rings. The lowest BCUT2D eigenvalue weighted by Crippen LogP contribution is -2.14. The minimum atomic E-state index is -0.412. The summed E-state index contributed by atoms with van der Waals surface area (Å²) < 4.78 is 30.6. The van der Waals surface area contributed by atoms with Gasteiger partial charge in [-0.3, -0.25) is 0 Å². The maximum Gasteiger partial charge on any atom is 0.148 e. The van der Waals surface area contributed by atoms with Gasteiger partial charge in [0.1, 0.15) is 11.6 Å². The van der Waals surface area contributed by atoms with Gasteiger partial charge in [-0.25, -0.2) is 8.78 Å². The smallest absolute Gasteiger partial charge is 0.148 e. The molecule has 0 aliphatic carbocycles. The maximum absolute atomic E-state index is 15.9. The molecular formula is C35H25F2N. The minimum Gasteiger partial charge on any atom is -0.339 e. The van der Waals surface area contributed by atoms with E-state index in [0.717, 1.165) is 27.8 Å². The molecule has 0 N–H and O–H groups in total. The van der Waals surface area contributed by atoms with E-state index in [1.807, 2.05) is 60.7 Å². The molecule has 0 unspecified atom stereocenters. The van der Waals surface area contributed by atoms with Crippen LogP contribution in [0.15, 0.2) is 133 Å². The van der Waals surface area contributed by atoms with Gasteiger partial charge in [-0.15, -0.1) is 0 Å². The molecule has 6 rings (SSSR count). The van der Waals surface area contributed by atoms with Crippen LogP contribution in [0.1, 0.15) is 0 Å². The van der Waals surface area contributed by atoms with E-state index in [4.69, 9.17) is 0 Å². The first-order valence-electron chi connectivity index (χ1n) is 12.6. The first-order chi connectivity index (χ1) is 18.6. The van der Waals surface area contributed by atoms with Gasteiger partial charge in [0, 0.05) is 12.6 Å². The van der Waals surface area contributed by atoms with Crippen LogP contribution in [0.25, 0.3) is 44.2 Å². The Bertz CT molecular complexity index is 1740. The van der Waals surface area contributed by atoms with Crippen molar-refractivity contribution in [1.82, 2.24) is 0 Å². The molecule has 1 nitrogen and oxygen atoms in total. The fraction of sp³-hybridized carbons (Fsp3) is 0.0286. The van der Waals surface area contributed by atoms with Crippen molar-refractivity contribution in [2.75, 3.05) is 11.9 Å². The van der Waals surface area contributed by atoms with E-state index < -0.39 is 11.6 Å². The maximum atomic E-state index is 15.9. The van der Waals surface area contributed by atoms with Crippen LogP contribution in [0.2, 0.25) is 0 Å². The van der Waals surface area contributed by atoms with E-state index in [2.05, 4.69) is 42.5 Å². The molecule has 0 spiro atoms. The number of nitrogens with zero attached hydrogens (tertiary/aromatic N) is 1. The fourth-order valence-electron chi connectivity index (χ4n) is 5.11. The third kappa shape index (κ3) is 4.33. The van der Waals surface area contributed by atoms with Crippen LogP contribution in [0.3, 0.4) is 0 Å². The van der Waals surface area contributed by atoms with Gasteiger partial charge in [-0.05, 0) is 62.9 Å². The number of hydrogen-bond donors (Lipinski definition) is 0. The standard InChI is InChI=1S/C35H25F2N/c1-38(34-17-8-7-16-32(34)36)35-31(22-28(23-33(35)37)24-10-3-2-4-11-24)27-20-18-26(19-21-27)30-15-9-13-25-12-5-6-14-29(25)30/h2-23H,1H3. The Morgan fingerprint density at radius 3 is 1.87 bits per heavy atom. The molecule has 3 heteroatoms. The van der Waals surface area contributed by atoms with Crippen LogP contribution < -0.4 is 4.90 Å². The molecule has 0 aliphatic heterocycles. The zero-order valence-corrected chi connectivity index (χ0v) is 20.9. The first-order valence-corrected chi connectivity index (χ1v) is 12.6. The second-order valence-electron chi connectivity index (χ2n) is 9.33. The second-order valence-corrected chi connectivity index (χ2v) is 9.33. The summed E-state index contributed by atoms with van der Waals surface area (Å²) >= 11 is 0. The molecule has 184 valence electrons. The van der Waals surface area contributed by atoms with Crippen LogP contribution in [0.4, 0.5) is 20.2 Å². The number of halogens is 2. The Balaban J connectivity index is 1.51. The molecule has 0 saturated heterocycles. The number of benzene rings is 6. The summed E-state index contributed by atoms with van der Waals surface area (Å²) in [6.07, 6.45) is 0. The Labute approximate surface area is 221 Å². The van der Waals surface area contributed by atoms with Crippen molar-refractivity contribution >= 4 is 22.1 Å². The zero-order valence-electron chi connectivity index (χ0n) is 20.9. The van der Waals surface area contributed by atoms with Crippen molar-refractivity contribution in [2.24, 2.45) is 0 Å². The summed E-state index contributed by atoms with van der Waals surface area (Å²) in [5.41, 5.74) is 6.09. The first kappa shape index (κ1) is 23.6. The molecule has 0 aromatic heterocycles. The van der Waals surface area contributed by atoms with E-state index >= 15 is 4.39 Å². The van der Waals surface area contributed by atoms with Gasteiger partial charge in [0.25, 0.3) is 0 Å². The van der Waals surface area contributed by atoms with Gasteiger partial charge in [-0.2, -0.15) is 0 Å². The number of para-hydroxylation sites is 1. The molecule has 0 bridgehead atoms. The van der Waals surface area contributed by atoms with Crippen LogP contribution in [0, 0.1) is 11.6 Å². The lowest BCUT2D eigenvalue weighted by Gasteiger charge is -2.25. The van der Waals surface area contributed by atoms with Gasteiger partial charge in [0.05, 0.1) is 11.4 Å². The highest BCUT2D eigenvalue weighted by Crippen LogP contribution is 2.41. The second kappa shape index (κ2) is 9.95. The molecule has 38 heavy (non-hydrogen) atoms. The van der Waals surface area contributed by atoms with Crippen molar-refractivity contribution in [3.8, 4) is 33.4 Å². The molecule has 6 aromatic carbocycles. The highest BCUT2D eigenvalue weighted by atomic mass is 19.1. The van der Waals surface area contributed by atoms with Gasteiger partial charge >= 0.3 is 0 Å². The monoisotopic (exact) mass is 497 g/mol. The van der Waals surface area contributed by atoms with Crippen molar-refractivity contribution < 1.29 is 8.78 Å². The van der Waals surface area contributed by atoms with Crippen LogP contribution in [0.5, 0.6) is 0 Å². The predicted molar refractivity (Wildman–Crippen MR) is 155 cm³/mol. The Morgan fingerprint density at radius 1 is 0.474 bits per heavy atom. The average Bonchev–Trinajstić information content (AvgIpc) is 2.97. The van der Waals surface area contributed by atoms with E-state index in [-0.39, 0.29) is 0 Å². The lowest BCUT2D eigenvalue weighted by molar-refractivity contribution is 0.618. The van der Waals surface area contributed by atoms with Crippen LogP contribution >= 0.6 is 0 Å². The van der Waals surface area contributed by atoms with E-state index in [0.29, 0.717) is 16.9 Å². The molecule has 0 saturated carbocycles. The molecule has 0 amide bonds. The van der Waals surface area contributed by atoms with Crippen molar-refractivity contribution in [2.45, 2.75) is 0 Å².